The van der Waals surface area contributed by atoms with E-state index in [-0.39, 0.29) is 16.6 Å². The van der Waals surface area contributed by atoms with Gasteiger partial charge in [-0.05, 0) is 11.8 Å². The summed E-state index contributed by atoms with van der Waals surface area (Å²) in [4.78, 5) is 11.9. The maximum atomic E-state index is 11.9. The molecule has 2 nitrogen and oxygen atoms in total. The van der Waals surface area contributed by atoms with Crippen LogP contribution in [0, 0.1) is 11.8 Å². The van der Waals surface area contributed by atoms with Crippen molar-refractivity contribution in [2.75, 3.05) is 0 Å². The molecule has 0 saturated carbocycles. The van der Waals surface area contributed by atoms with Crippen LogP contribution in [-0.4, -0.2) is 20.6 Å². The lowest BCUT2D eigenvalue weighted by atomic mass is 9.79. The van der Waals surface area contributed by atoms with Crippen LogP contribution in [0.2, 0.25) is 0 Å². The van der Waals surface area contributed by atoms with E-state index in [0.29, 0.717) is 0 Å². The SMILES string of the molecule is CCC(C)C(SC(C)(C)C)(C(=O)O)C(C)CC. The zero-order valence-electron chi connectivity index (χ0n) is 12.3. The summed E-state index contributed by atoms with van der Waals surface area (Å²) in [5, 5.41) is 9.77. The maximum absolute atomic E-state index is 11.9. The fraction of sp³-hybridized carbons (Fsp3) is 0.929. The number of rotatable bonds is 6. The summed E-state index contributed by atoms with van der Waals surface area (Å²) in [5.74, 6) is -0.292. The van der Waals surface area contributed by atoms with Gasteiger partial charge in [0.25, 0.3) is 0 Å². The minimum absolute atomic E-state index is 0.0365. The Morgan fingerprint density at radius 3 is 1.65 bits per heavy atom. The van der Waals surface area contributed by atoms with E-state index in [1.807, 2.05) is 0 Å². The van der Waals surface area contributed by atoms with Crippen LogP contribution < -0.4 is 0 Å². The van der Waals surface area contributed by atoms with Crippen LogP contribution in [0.15, 0.2) is 0 Å². The molecule has 0 aromatic heterocycles. The second-order valence-corrected chi connectivity index (χ2v) is 8.04. The van der Waals surface area contributed by atoms with Gasteiger partial charge in [-0.2, -0.15) is 0 Å². The number of hydrogen-bond acceptors (Lipinski definition) is 2. The summed E-state index contributed by atoms with van der Waals surface area (Å²) < 4.78 is -0.701. The van der Waals surface area contributed by atoms with Crippen molar-refractivity contribution in [2.45, 2.75) is 70.8 Å². The van der Waals surface area contributed by atoms with Crippen molar-refractivity contribution in [3.8, 4) is 0 Å². The molecular formula is C14H28O2S. The highest BCUT2D eigenvalue weighted by Gasteiger charge is 2.49. The van der Waals surface area contributed by atoms with E-state index >= 15 is 0 Å². The number of hydrogen-bond donors (Lipinski definition) is 1. The molecule has 0 aromatic rings. The first kappa shape index (κ1) is 16.8. The number of carboxylic acid groups (broad SMARTS) is 1. The van der Waals surface area contributed by atoms with Gasteiger partial charge in [0.15, 0.2) is 0 Å². The third-order valence-electron chi connectivity index (χ3n) is 3.50. The molecule has 0 amide bonds. The summed E-state index contributed by atoms with van der Waals surface area (Å²) in [6, 6.07) is 0. The molecule has 0 heterocycles. The quantitative estimate of drug-likeness (QED) is 0.767. The third kappa shape index (κ3) is 3.90. The lowest BCUT2D eigenvalue weighted by molar-refractivity contribution is -0.143. The topological polar surface area (TPSA) is 37.3 Å². The van der Waals surface area contributed by atoms with Gasteiger partial charge in [0, 0.05) is 4.75 Å². The zero-order chi connectivity index (χ0) is 13.9. The smallest absolute Gasteiger partial charge is 0.320 e. The molecule has 0 spiro atoms. The minimum atomic E-state index is -0.665. The van der Waals surface area contributed by atoms with Gasteiger partial charge in [-0.1, -0.05) is 61.3 Å². The van der Waals surface area contributed by atoms with Gasteiger partial charge in [-0.15, -0.1) is 11.8 Å². The third-order valence-corrected chi connectivity index (χ3v) is 5.43. The Kier molecular flexibility index (Phi) is 6.06. The van der Waals surface area contributed by atoms with E-state index in [2.05, 4.69) is 48.5 Å². The number of thioether (sulfide) groups is 1. The molecule has 0 aromatic carbocycles. The van der Waals surface area contributed by atoms with Crippen LogP contribution in [-0.2, 0) is 4.79 Å². The highest BCUT2D eigenvalue weighted by Crippen LogP contribution is 2.48. The van der Waals surface area contributed by atoms with Gasteiger partial charge in [-0.3, -0.25) is 4.79 Å². The molecule has 0 radical (unpaired) electrons. The van der Waals surface area contributed by atoms with Gasteiger partial charge < -0.3 is 5.11 Å². The highest BCUT2D eigenvalue weighted by atomic mass is 32.2. The van der Waals surface area contributed by atoms with Crippen molar-refractivity contribution in [1.29, 1.82) is 0 Å². The Morgan fingerprint density at radius 2 is 1.47 bits per heavy atom. The van der Waals surface area contributed by atoms with Crippen molar-refractivity contribution in [3.63, 3.8) is 0 Å². The monoisotopic (exact) mass is 260 g/mol. The molecule has 2 atom stereocenters. The molecule has 102 valence electrons. The first-order valence-electron chi connectivity index (χ1n) is 6.55. The standard InChI is InChI=1S/C14H28O2S/c1-8-10(3)14(12(15)16,11(4)9-2)17-13(5,6)7/h10-11H,8-9H2,1-7H3,(H,15,16). The van der Waals surface area contributed by atoms with Crippen molar-refractivity contribution in [3.05, 3.63) is 0 Å². The second kappa shape index (κ2) is 6.12. The fourth-order valence-corrected chi connectivity index (χ4v) is 4.10. The predicted molar refractivity (Wildman–Crippen MR) is 76.6 cm³/mol. The van der Waals surface area contributed by atoms with Gasteiger partial charge in [-0.25, -0.2) is 0 Å². The Hall–Kier alpha value is -0.180. The highest BCUT2D eigenvalue weighted by molar-refractivity contribution is 8.02. The molecule has 1 N–H and O–H groups in total. The summed E-state index contributed by atoms with van der Waals surface area (Å²) >= 11 is 1.62. The first-order chi connectivity index (χ1) is 7.61. The molecular weight excluding hydrogens is 232 g/mol. The molecule has 0 fully saturated rings. The van der Waals surface area contributed by atoms with Gasteiger partial charge in [0.1, 0.15) is 4.75 Å². The Labute approximate surface area is 111 Å². The molecule has 0 saturated heterocycles. The van der Waals surface area contributed by atoms with E-state index in [0.717, 1.165) is 12.8 Å². The summed E-state index contributed by atoms with van der Waals surface area (Å²) in [7, 11) is 0. The number of aliphatic carboxylic acids is 1. The normalized spacial score (nSPS) is 19.5. The molecule has 0 bridgehead atoms. The van der Waals surface area contributed by atoms with Crippen molar-refractivity contribution in [2.24, 2.45) is 11.8 Å². The number of carboxylic acids is 1. The molecule has 0 aliphatic heterocycles. The van der Waals surface area contributed by atoms with E-state index in [1.54, 1.807) is 11.8 Å². The van der Waals surface area contributed by atoms with Crippen LogP contribution in [0.1, 0.15) is 61.3 Å². The van der Waals surface area contributed by atoms with Crippen molar-refractivity contribution < 1.29 is 9.90 Å². The van der Waals surface area contributed by atoms with E-state index in [1.165, 1.54) is 0 Å². The van der Waals surface area contributed by atoms with Gasteiger partial charge >= 0.3 is 5.97 Å². The van der Waals surface area contributed by atoms with Crippen LogP contribution in [0.5, 0.6) is 0 Å². The van der Waals surface area contributed by atoms with E-state index in [9.17, 15) is 9.90 Å². The van der Waals surface area contributed by atoms with Gasteiger partial charge in [0.2, 0.25) is 0 Å². The molecule has 3 heteroatoms. The summed E-state index contributed by atoms with van der Waals surface area (Å²) in [5.41, 5.74) is 0. The Bertz CT molecular complexity index is 245. The largest absolute Gasteiger partial charge is 0.480 e. The molecule has 2 unspecified atom stereocenters. The Morgan fingerprint density at radius 1 is 1.12 bits per heavy atom. The van der Waals surface area contributed by atoms with E-state index in [4.69, 9.17) is 0 Å². The van der Waals surface area contributed by atoms with Crippen LogP contribution >= 0.6 is 11.8 Å². The first-order valence-corrected chi connectivity index (χ1v) is 7.37. The lowest BCUT2D eigenvalue weighted by Gasteiger charge is -2.43. The maximum Gasteiger partial charge on any atom is 0.320 e. The molecule has 17 heavy (non-hydrogen) atoms. The van der Waals surface area contributed by atoms with Crippen molar-refractivity contribution >= 4 is 17.7 Å². The molecule has 0 rings (SSSR count). The molecule has 0 aliphatic carbocycles. The summed E-state index contributed by atoms with van der Waals surface area (Å²) in [6.45, 7) is 14.6. The van der Waals surface area contributed by atoms with Gasteiger partial charge in [0.05, 0.1) is 0 Å². The van der Waals surface area contributed by atoms with Crippen molar-refractivity contribution in [1.82, 2.24) is 0 Å². The predicted octanol–water partition coefficient (Wildman–Crippen LogP) is 4.43. The molecule has 0 aliphatic rings. The minimum Gasteiger partial charge on any atom is -0.480 e. The van der Waals surface area contributed by atoms with Crippen LogP contribution in [0.4, 0.5) is 0 Å². The summed E-state index contributed by atoms with van der Waals surface area (Å²) in [6.07, 6.45) is 1.81. The fourth-order valence-electron chi connectivity index (χ4n) is 2.27. The van der Waals surface area contributed by atoms with Crippen LogP contribution in [0.25, 0.3) is 0 Å². The number of carbonyl (C=O) groups is 1. The zero-order valence-corrected chi connectivity index (χ0v) is 13.1. The average molecular weight is 260 g/mol. The van der Waals surface area contributed by atoms with Crippen LogP contribution in [0.3, 0.4) is 0 Å². The Balaban J connectivity index is 5.48. The lowest BCUT2D eigenvalue weighted by Crippen LogP contribution is -2.49. The average Bonchev–Trinajstić information content (AvgIpc) is 2.21. The van der Waals surface area contributed by atoms with E-state index < -0.39 is 10.7 Å². The second-order valence-electron chi connectivity index (χ2n) is 5.93.